The SMILES string of the molecule is Cc1cc(CC(N)=O)c(Cl)cc1NS(C)(=O)=O. The Morgan fingerprint density at radius 2 is 2.06 bits per heavy atom. The molecule has 0 spiro atoms. The van der Waals surface area contributed by atoms with Crippen molar-refractivity contribution in [1.82, 2.24) is 0 Å². The molecule has 0 atom stereocenters. The number of amides is 1. The molecule has 1 amide bonds. The number of carbonyl (C=O) groups excluding carboxylic acids is 1. The Balaban J connectivity index is 3.13. The van der Waals surface area contributed by atoms with E-state index in [0.717, 1.165) is 6.26 Å². The number of carbonyl (C=O) groups is 1. The molecule has 0 saturated heterocycles. The van der Waals surface area contributed by atoms with Gasteiger partial charge in [0.05, 0.1) is 18.4 Å². The van der Waals surface area contributed by atoms with Crippen LogP contribution in [0.15, 0.2) is 12.1 Å². The number of rotatable bonds is 4. The molecule has 7 heteroatoms. The van der Waals surface area contributed by atoms with E-state index < -0.39 is 15.9 Å². The van der Waals surface area contributed by atoms with Crippen molar-refractivity contribution < 1.29 is 13.2 Å². The topological polar surface area (TPSA) is 89.3 Å². The van der Waals surface area contributed by atoms with Crippen LogP contribution in [0.5, 0.6) is 0 Å². The van der Waals surface area contributed by atoms with Gasteiger partial charge in [-0.25, -0.2) is 8.42 Å². The van der Waals surface area contributed by atoms with Gasteiger partial charge in [-0.05, 0) is 24.1 Å². The van der Waals surface area contributed by atoms with Gasteiger partial charge in [-0.2, -0.15) is 0 Å². The number of nitrogens with two attached hydrogens (primary N) is 1. The van der Waals surface area contributed by atoms with Crippen LogP contribution in [-0.4, -0.2) is 20.6 Å². The molecule has 0 bridgehead atoms. The first-order valence-electron chi connectivity index (χ1n) is 4.74. The van der Waals surface area contributed by atoms with Gasteiger partial charge in [-0.1, -0.05) is 17.7 Å². The summed E-state index contributed by atoms with van der Waals surface area (Å²) in [6.45, 7) is 1.72. The standard InChI is InChI=1S/C10H13ClN2O3S/c1-6-3-7(4-10(12)14)8(11)5-9(6)13-17(2,15)16/h3,5,13H,4H2,1-2H3,(H2,12,14). The van der Waals surface area contributed by atoms with Crippen molar-refractivity contribution >= 4 is 33.2 Å². The number of sulfonamides is 1. The molecule has 0 unspecified atom stereocenters. The highest BCUT2D eigenvalue weighted by Crippen LogP contribution is 2.26. The van der Waals surface area contributed by atoms with Crippen molar-refractivity contribution in [3.8, 4) is 0 Å². The average molecular weight is 277 g/mol. The van der Waals surface area contributed by atoms with Gasteiger partial charge >= 0.3 is 0 Å². The summed E-state index contributed by atoms with van der Waals surface area (Å²) in [5, 5.41) is 0.306. The van der Waals surface area contributed by atoms with Gasteiger partial charge < -0.3 is 5.73 Å². The highest BCUT2D eigenvalue weighted by atomic mass is 35.5. The van der Waals surface area contributed by atoms with Crippen molar-refractivity contribution in [2.45, 2.75) is 13.3 Å². The fourth-order valence-electron chi connectivity index (χ4n) is 1.37. The zero-order valence-electron chi connectivity index (χ0n) is 9.45. The second-order valence-corrected chi connectivity index (χ2v) is 5.93. The summed E-state index contributed by atoms with van der Waals surface area (Å²) in [6.07, 6.45) is 1.08. The number of anilines is 1. The number of aryl methyl sites for hydroxylation is 1. The number of primary amides is 1. The van der Waals surface area contributed by atoms with Crippen LogP contribution >= 0.6 is 11.6 Å². The molecule has 0 heterocycles. The first-order valence-corrected chi connectivity index (χ1v) is 7.01. The van der Waals surface area contributed by atoms with Crippen LogP contribution in [0.3, 0.4) is 0 Å². The molecule has 0 aliphatic rings. The Morgan fingerprint density at radius 1 is 1.47 bits per heavy atom. The molecule has 5 nitrogen and oxygen atoms in total. The number of nitrogens with one attached hydrogen (secondary N) is 1. The van der Waals surface area contributed by atoms with E-state index in [0.29, 0.717) is 21.8 Å². The van der Waals surface area contributed by atoms with E-state index >= 15 is 0 Å². The van der Waals surface area contributed by atoms with Crippen LogP contribution in [0, 0.1) is 6.92 Å². The van der Waals surface area contributed by atoms with Gasteiger partial charge in [-0.3, -0.25) is 9.52 Å². The molecule has 1 aromatic rings. The third-order valence-corrected chi connectivity index (χ3v) is 3.00. The van der Waals surface area contributed by atoms with Gasteiger partial charge in [0, 0.05) is 5.02 Å². The minimum atomic E-state index is -3.35. The maximum atomic E-state index is 11.1. The van der Waals surface area contributed by atoms with Crippen LogP contribution in [0.2, 0.25) is 5.02 Å². The summed E-state index contributed by atoms with van der Waals surface area (Å²) >= 11 is 5.93. The molecule has 0 fully saturated rings. The quantitative estimate of drug-likeness (QED) is 0.861. The van der Waals surface area contributed by atoms with E-state index in [1.807, 2.05) is 0 Å². The number of hydrogen-bond acceptors (Lipinski definition) is 3. The van der Waals surface area contributed by atoms with Crippen molar-refractivity contribution in [1.29, 1.82) is 0 Å². The Morgan fingerprint density at radius 3 is 2.53 bits per heavy atom. The third-order valence-electron chi connectivity index (χ3n) is 2.05. The first-order chi connectivity index (χ1) is 7.69. The summed E-state index contributed by atoms with van der Waals surface area (Å²) in [5.41, 5.74) is 6.72. The zero-order valence-corrected chi connectivity index (χ0v) is 11.0. The van der Waals surface area contributed by atoms with Crippen LogP contribution in [0.25, 0.3) is 0 Å². The molecule has 0 aliphatic carbocycles. The molecule has 0 saturated carbocycles. The van der Waals surface area contributed by atoms with Crippen molar-refractivity contribution in [2.24, 2.45) is 5.73 Å². The average Bonchev–Trinajstić information content (AvgIpc) is 2.10. The summed E-state index contributed by atoms with van der Waals surface area (Å²) in [4.78, 5) is 10.8. The van der Waals surface area contributed by atoms with Gasteiger partial charge in [0.25, 0.3) is 0 Å². The summed E-state index contributed by atoms with van der Waals surface area (Å²) in [6, 6.07) is 3.11. The predicted molar refractivity (Wildman–Crippen MR) is 67.6 cm³/mol. The van der Waals surface area contributed by atoms with E-state index in [1.54, 1.807) is 13.0 Å². The molecular weight excluding hydrogens is 264 g/mol. The molecule has 3 N–H and O–H groups in total. The van der Waals surface area contributed by atoms with E-state index in [2.05, 4.69) is 4.72 Å². The smallest absolute Gasteiger partial charge is 0.229 e. The molecule has 94 valence electrons. The van der Waals surface area contributed by atoms with Gasteiger partial charge in [0.1, 0.15) is 0 Å². The van der Waals surface area contributed by atoms with E-state index in [1.165, 1.54) is 6.07 Å². The maximum Gasteiger partial charge on any atom is 0.229 e. The lowest BCUT2D eigenvalue weighted by Crippen LogP contribution is -2.15. The maximum absolute atomic E-state index is 11.1. The van der Waals surface area contributed by atoms with Gasteiger partial charge in [0.15, 0.2) is 0 Å². The lowest BCUT2D eigenvalue weighted by Gasteiger charge is -2.11. The number of halogens is 1. The van der Waals surface area contributed by atoms with Gasteiger partial charge in [-0.15, -0.1) is 0 Å². The normalized spacial score (nSPS) is 11.2. The Bertz CT molecular complexity index is 555. The zero-order chi connectivity index (χ0) is 13.2. The summed E-state index contributed by atoms with van der Waals surface area (Å²) < 4.78 is 24.5. The van der Waals surface area contributed by atoms with Crippen molar-refractivity contribution in [2.75, 3.05) is 11.0 Å². The second-order valence-electron chi connectivity index (χ2n) is 3.78. The van der Waals surface area contributed by atoms with Crippen molar-refractivity contribution in [3.63, 3.8) is 0 Å². The predicted octanol–water partition coefficient (Wildman–Crippen LogP) is 1.05. The number of hydrogen-bond donors (Lipinski definition) is 2. The minimum absolute atomic E-state index is 0.0266. The first kappa shape index (κ1) is 13.8. The third kappa shape index (κ3) is 4.24. The Hall–Kier alpha value is -1.27. The van der Waals surface area contributed by atoms with Crippen LogP contribution in [0.4, 0.5) is 5.69 Å². The second kappa shape index (κ2) is 4.93. The monoisotopic (exact) mass is 276 g/mol. The van der Waals surface area contributed by atoms with E-state index in [9.17, 15) is 13.2 Å². The minimum Gasteiger partial charge on any atom is -0.369 e. The molecule has 17 heavy (non-hydrogen) atoms. The number of benzene rings is 1. The summed E-state index contributed by atoms with van der Waals surface area (Å²) in [5.74, 6) is -0.491. The highest BCUT2D eigenvalue weighted by Gasteiger charge is 2.10. The largest absolute Gasteiger partial charge is 0.369 e. The van der Waals surface area contributed by atoms with E-state index in [4.69, 9.17) is 17.3 Å². The van der Waals surface area contributed by atoms with Crippen LogP contribution < -0.4 is 10.5 Å². The van der Waals surface area contributed by atoms with Crippen LogP contribution in [-0.2, 0) is 21.2 Å². The van der Waals surface area contributed by atoms with Gasteiger partial charge in [0.2, 0.25) is 15.9 Å². The Kier molecular flexibility index (Phi) is 4.00. The molecule has 0 radical (unpaired) electrons. The lowest BCUT2D eigenvalue weighted by molar-refractivity contribution is -0.117. The molecule has 0 aromatic heterocycles. The van der Waals surface area contributed by atoms with Crippen molar-refractivity contribution in [3.05, 3.63) is 28.3 Å². The van der Waals surface area contributed by atoms with Crippen LogP contribution in [0.1, 0.15) is 11.1 Å². The fraction of sp³-hybridized carbons (Fsp3) is 0.300. The highest BCUT2D eigenvalue weighted by molar-refractivity contribution is 7.92. The molecule has 1 aromatic carbocycles. The molecule has 0 aliphatic heterocycles. The molecule has 1 rings (SSSR count). The molecular formula is C10H13ClN2O3S. The lowest BCUT2D eigenvalue weighted by atomic mass is 10.1. The summed E-state index contributed by atoms with van der Waals surface area (Å²) in [7, 11) is -3.35. The fourth-order valence-corrected chi connectivity index (χ4v) is 2.22. The Labute approximate surface area is 105 Å². The van der Waals surface area contributed by atoms with E-state index in [-0.39, 0.29) is 6.42 Å².